The summed E-state index contributed by atoms with van der Waals surface area (Å²) in [4.78, 5) is 15.9. The Morgan fingerprint density at radius 1 is 1.10 bits per heavy atom. The van der Waals surface area contributed by atoms with Crippen LogP contribution in [0.3, 0.4) is 0 Å². The molecule has 0 aromatic heterocycles. The van der Waals surface area contributed by atoms with Gasteiger partial charge in [0.05, 0.1) is 0 Å². The Morgan fingerprint density at radius 2 is 1.50 bits per heavy atom. The largest absolute Gasteiger partial charge is 0.418 e. The van der Waals surface area contributed by atoms with Crippen molar-refractivity contribution < 1.29 is 29.8 Å². The lowest BCUT2D eigenvalue weighted by molar-refractivity contribution is -0.330. The monoisotopic (exact) mass is 170 g/mol. The van der Waals surface area contributed by atoms with Crippen LogP contribution in [0.15, 0.2) is 0 Å². The zero-order valence-corrected chi connectivity index (χ0v) is 5.67. The van der Waals surface area contributed by atoms with Crippen molar-refractivity contribution in [3.63, 3.8) is 0 Å². The number of hydrogen-bond acceptors (Lipinski definition) is 7. The van der Waals surface area contributed by atoms with Gasteiger partial charge in [-0.2, -0.15) is 9.78 Å². The molecule has 0 saturated heterocycles. The number of hydrogen-bond donors (Lipinski definition) is 2. The maximum Gasteiger partial charge on any atom is 0.418 e. The highest BCUT2D eigenvalue weighted by atomic mass is 32.1. The smallest absolute Gasteiger partial charge is 0.367 e. The Balaban J connectivity index is 3.09. The van der Waals surface area contributed by atoms with Gasteiger partial charge >= 0.3 is 5.24 Å². The van der Waals surface area contributed by atoms with Gasteiger partial charge in [-0.05, 0) is 0 Å². The second kappa shape index (κ2) is 6.65. The van der Waals surface area contributed by atoms with E-state index in [-0.39, 0.29) is 0 Å². The molecule has 0 aliphatic carbocycles. The summed E-state index contributed by atoms with van der Waals surface area (Å²) in [6.07, 6.45) is 0. The summed E-state index contributed by atoms with van der Waals surface area (Å²) in [5.41, 5.74) is 0. The summed E-state index contributed by atoms with van der Waals surface area (Å²) >= 11 is 4.27. The molecule has 0 spiro atoms. The van der Waals surface area contributed by atoms with Gasteiger partial charge < -0.3 is 10.2 Å². The molecule has 0 fully saturated rings. The molecule has 0 aliphatic rings. The van der Waals surface area contributed by atoms with Crippen LogP contribution < -0.4 is 0 Å². The first-order valence-electron chi connectivity index (χ1n) is 2.16. The Labute approximate surface area is 61.7 Å². The Hall–Kier alpha value is -0.470. The van der Waals surface area contributed by atoms with Gasteiger partial charge in [0.2, 0.25) is 0 Å². The lowest BCUT2D eigenvalue weighted by Crippen LogP contribution is -2.09. The summed E-state index contributed by atoms with van der Waals surface area (Å²) in [6, 6.07) is 0. The van der Waals surface area contributed by atoms with E-state index in [1.807, 2.05) is 0 Å². The molecule has 10 heavy (non-hydrogen) atoms. The van der Waals surface area contributed by atoms with E-state index >= 15 is 0 Å². The van der Waals surface area contributed by atoms with Crippen molar-refractivity contribution in [2.24, 2.45) is 0 Å². The predicted octanol–water partition coefficient (Wildman–Crippen LogP) is -0.933. The minimum atomic E-state index is -0.650. The fourth-order valence-electron chi connectivity index (χ4n) is 0.163. The van der Waals surface area contributed by atoms with Gasteiger partial charge in [-0.3, -0.25) is 9.78 Å². The third kappa shape index (κ3) is 5.66. The maximum absolute atomic E-state index is 7.99. The van der Waals surface area contributed by atoms with E-state index in [0.29, 0.717) is 0 Å². The first-order valence-corrected chi connectivity index (χ1v) is 2.56. The van der Waals surface area contributed by atoms with Crippen LogP contribution in [0.25, 0.3) is 0 Å². The van der Waals surface area contributed by atoms with E-state index in [1.54, 1.807) is 0 Å². The molecule has 0 aromatic carbocycles. The molecule has 0 radical (unpaired) electrons. The molecule has 6 nitrogen and oxygen atoms in total. The first kappa shape index (κ1) is 9.53. The molecule has 0 aromatic rings. The van der Waals surface area contributed by atoms with Crippen LogP contribution in [0.4, 0.5) is 0 Å². The van der Waals surface area contributed by atoms with Crippen LogP contribution in [0, 0.1) is 0 Å². The Bertz CT molecular complexity index is 85.0. The van der Waals surface area contributed by atoms with E-state index in [2.05, 4.69) is 31.8 Å². The van der Waals surface area contributed by atoms with Crippen LogP contribution in [0.1, 0.15) is 0 Å². The highest BCUT2D eigenvalue weighted by molar-refractivity contribution is 7.79. The predicted molar refractivity (Wildman–Crippen MR) is 31.1 cm³/mol. The normalized spacial score (nSPS) is 9.00. The Kier molecular flexibility index (Phi) is 6.33. The van der Waals surface area contributed by atoms with Gasteiger partial charge in [-0.1, -0.05) is 0 Å². The molecular formula is C3H6O6S. The van der Waals surface area contributed by atoms with E-state index in [0.717, 1.165) is 0 Å². The fraction of sp³-hybridized carbons (Fsp3) is 0.667. The molecule has 0 rings (SSSR count). The SMILES string of the molecule is OCOOC(=S)OOCO. The Morgan fingerprint density at radius 3 is 1.80 bits per heavy atom. The van der Waals surface area contributed by atoms with Crippen molar-refractivity contribution >= 4 is 17.5 Å². The van der Waals surface area contributed by atoms with Gasteiger partial charge in [0.15, 0.2) is 13.6 Å². The number of aliphatic hydroxyl groups is 2. The highest BCUT2D eigenvalue weighted by Crippen LogP contribution is 1.86. The van der Waals surface area contributed by atoms with Crippen LogP contribution in [-0.4, -0.2) is 29.0 Å². The van der Waals surface area contributed by atoms with Crippen molar-refractivity contribution in [1.82, 2.24) is 0 Å². The van der Waals surface area contributed by atoms with Gasteiger partial charge in [-0.25, -0.2) is 0 Å². The van der Waals surface area contributed by atoms with Crippen LogP contribution in [0.5, 0.6) is 0 Å². The zero-order valence-electron chi connectivity index (χ0n) is 4.85. The highest BCUT2D eigenvalue weighted by Gasteiger charge is 1.98. The molecule has 0 saturated carbocycles. The lowest BCUT2D eigenvalue weighted by Gasteiger charge is -2.01. The second-order valence-corrected chi connectivity index (χ2v) is 1.24. The van der Waals surface area contributed by atoms with Crippen molar-refractivity contribution in [3.8, 4) is 0 Å². The summed E-state index contributed by atoms with van der Waals surface area (Å²) in [7, 11) is 0. The van der Waals surface area contributed by atoms with Crippen LogP contribution in [-0.2, 0) is 19.6 Å². The first-order chi connectivity index (χ1) is 4.81. The third-order valence-electron chi connectivity index (χ3n) is 0.359. The summed E-state index contributed by atoms with van der Waals surface area (Å²) in [5.74, 6) is 0. The van der Waals surface area contributed by atoms with E-state index in [9.17, 15) is 0 Å². The van der Waals surface area contributed by atoms with Crippen molar-refractivity contribution in [1.29, 1.82) is 0 Å². The van der Waals surface area contributed by atoms with E-state index in [1.165, 1.54) is 0 Å². The average molecular weight is 170 g/mol. The quantitative estimate of drug-likeness (QED) is 0.244. The maximum atomic E-state index is 7.99. The molecule has 0 atom stereocenters. The van der Waals surface area contributed by atoms with Gasteiger partial charge in [0.25, 0.3) is 0 Å². The average Bonchev–Trinajstić information content (AvgIpc) is 1.97. The molecule has 0 amide bonds. The van der Waals surface area contributed by atoms with Gasteiger partial charge in [0, 0.05) is 12.2 Å². The fourth-order valence-corrected chi connectivity index (χ4v) is 0.259. The number of rotatable bonds is 4. The molecule has 0 unspecified atom stereocenters. The summed E-state index contributed by atoms with van der Waals surface area (Å²) < 4.78 is 0. The minimum Gasteiger partial charge on any atom is -0.367 e. The molecule has 7 heteroatoms. The molecule has 0 bridgehead atoms. The lowest BCUT2D eigenvalue weighted by atomic mass is 11.5. The van der Waals surface area contributed by atoms with Gasteiger partial charge in [0.1, 0.15) is 0 Å². The molecule has 0 aliphatic heterocycles. The standard InChI is InChI=1S/C3H6O6S/c4-1-6-8-3(10)9-7-2-5/h4-5H,1-2H2. The summed E-state index contributed by atoms with van der Waals surface area (Å²) in [6.45, 7) is -1.30. The van der Waals surface area contributed by atoms with E-state index in [4.69, 9.17) is 10.2 Å². The minimum absolute atomic E-state index is 0.483. The topological polar surface area (TPSA) is 77.4 Å². The zero-order chi connectivity index (χ0) is 7.82. The summed E-state index contributed by atoms with van der Waals surface area (Å²) in [5, 5.41) is 15.5. The molecule has 60 valence electrons. The van der Waals surface area contributed by atoms with Crippen LogP contribution >= 0.6 is 12.2 Å². The third-order valence-corrected chi connectivity index (χ3v) is 0.495. The van der Waals surface area contributed by atoms with Crippen molar-refractivity contribution in [3.05, 3.63) is 0 Å². The van der Waals surface area contributed by atoms with Crippen molar-refractivity contribution in [2.75, 3.05) is 13.6 Å². The molecular weight excluding hydrogens is 164 g/mol. The second-order valence-electron chi connectivity index (χ2n) is 0.911. The molecule has 2 N–H and O–H groups in total. The number of thiocarbonyl (C=S) groups is 1. The molecule has 0 heterocycles. The van der Waals surface area contributed by atoms with Crippen LogP contribution in [0.2, 0.25) is 0 Å². The van der Waals surface area contributed by atoms with E-state index < -0.39 is 18.8 Å². The number of aliphatic hydroxyl groups excluding tert-OH is 2. The van der Waals surface area contributed by atoms with Crippen molar-refractivity contribution in [2.45, 2.75) is 0 Å². The van der Waals surface area contributed by atoms with Gasteiger partial charge in [-0.15, -0.1) is 0 Å².